The molecule has 0 fully saturated rings. The standard InChI is InChI=1S/C70H58N12O5/c1-5-83-45-32-24-41(25-33-45)71-56-40-58(61(73-43-28-36-47(37-29-43)85-7-3)62(74-44-30-38-48(39-31-44)86-8-4)60(56)72-42-26-34-46(35-27-42)84-6-2)87-57-23-15-22-55-59(57)70-81-68-54-21-14-13-20-53(54)66(79-68)77-64-50-17-10-9-16-49(50)63(75-64)76-65-51-18-11-12-19-52(51)67(78-65)80-69(55)82-70/h9-40,71-74H,5-8H2,1-4H3,(H2,75,76,77,78,79,80,81,82). The minimum atomic E-state index is 0.435. The van der Waals surface area contributed by atoms with Crippen LogP contribution in [0, 0.1) is 0 Å². The second-order valence-electron chi connectivity index (χ2n) is 20.4. The number of aromatic nitrogens is 8. The molecule has 14 rings (SSSR count). The van der Waals surface area contributed by atoms with Crippen LogP contribution in [-0.2, 0) is 0 Å². The number of rotatable bonds is 18. The van der Waals surface area contributed by atoms with E-state index in [1.54, 1.807) is 0 Å². The van der Waals surface area contributed by atoms with Crippen LogP contribution in [0.25, 0.3) is 89.7 Å². The molecule has 12 aromatic rings. The molecular weight excluding hydrogens is 1090 g/mol. The van der Waals surface area contributed by atoms with E-state index in [2.05, 4.69) is 31.2 Å². The second kappa shape index (κ2) is 23.3. The first-order chi connectivity index (χ1) is 42.9. The first-order valence-corrected chi connectivity index (χ1v) is 29.0. The van der Waals surface area contributed by atoms with Gasteiger partial charge in [0.2, 0.25) is 0 Å². The van der Waals surface area contributed by atoms with Crippen molar-refractivity contribution < 1.29 is 23.7 Å². The number of hydrogen-bond acceptors (Lipinski definition) is 15. The summed E-state index contributed by atoms with van der Waals surface area (Å²) in [6.07, 6.45) is 0. The first kappa shape index (κ1) is 53.5. The molecule has 8 bridgehead atoms. The van der Waals surface area contributed by atoms with Crippen LogP contribution in [0.3, 0.4) is 0 Å². The summed E-state index contributed by atoms with van der Waals surface area (Å²) in [5, 5.41) is 18.3. The number of nitrogens with zero attached hydrogens (tertiary/aromatic N) is 6. The van der Waals surface area contributed by atoms with Crippen LogP contribution in [0.5, 0.6) is 34.5 Å². The summed E-state index contributed by atoms with van der Waals surface area (Å²) in [4.78, 5) is 38.7. The highest BCUT2D eigenvalue weighted by Crippen LogP contribution is 2.51. The van der Waals surface area contributed by atoms with Crippen LogP contribution >= 0.6 is 0 Å². The van der Waals surface area contributed by atoms with Crippen molar-refractivity contribution in [2.24, 2.45) is 0 Å². The fourth-order valence-electron chi connectivity index (χ4n) is 10.9. The molecule has 0 radical (unpaired) electrons. The predicted octanol–water partition coefficient (Wildman–Crippen LogP) is 17.2. The fourth-order valence-corrected chi connectivity index (χ4v) is 10.9. The van der Waals surface area contributed by atoms with Gasteiger partial charge < -0.3 is 54.9 Å². The van der Waals surface area contributed by atoms with Crippen LogP contribution in [0.4, 0.5) is 45.5 Å². The van der Waals surface area contributed by atoms with E-state index in [4.69, 9.17) is 53.6 Å². The minimum Gasteiger partial charge on any atom is -0.494 e. The van der Waals surface area contributed by atoms with E-state index in [0.29, 0.717) is 112 Å². The molecule has 2 aliphatic heterocycles. The summed E-state index contributed by atoms with van der Waals surface area (Å²) in [5.41, 5.74) is 11.2. The van der Waals surface area contributed by atoms with Gasteiger partial charge in [-0.25, -0.2) is 29.9 Å². The van der Waals surface area contributed by atoms with Gasteiger partial charge in [0.15, 0.2) is 29.0 Å². The number of nitrogens with one attached hydrogen (secondary N) is 6. The lowest BCUT2D eigenvalue weighted by molar-refractivity contribution is 0.340. The number of hydrogen-bond donors (Lipinski definition) is 6. The number of H-pyrrole nitrogens is 2. The molecule has 5 heterocycles. The van der Waals surface area contributed by atoms with E-state index in [-0.39, 0.29) is 0 Å². The summed E-state index contributed by atoms with van der Waals surface area (Å²) in [6.45, 7) is 10.00. The Morgan fingerprint density at radius 1 is 0.322 bits per heavy atom. The highest BCUT2D eigenvalue weighted by atomic mass is 16.5. The molecular formula is C70H58N12O5. The van der Waals surface area contributed by atoms with Gasteiger partial charge in [0, 0.05) is 67.2 Å². The smallest absolute Gasteiger partial charge is 0.164 e. The monoisotopic (exact) mass is 1150 g/mol. The van der Waals surface area contributed by atoms with Crippen LogP contribution in [0.1, 0.15) is 27.7 Å². The number of anilines is 8. The number of fused-ring (bicyclic) bond motifs is 20. The molecule has 17 nitrogen and oxygen atoms in total. The Morgan fingerprint density at radius 3 is 1.11 bits per heavy atom. The average molecular weight is 1150 g/mol. The van der Waals surface area contributed by atoms with Gasteiger partial charge in [-0.2, -0.15) is 0 Å². The molecule has 87 heavy (non-hydrogen) atoms. The van der Waals surface area contributed by atoms with Crippen LogP contribution in [0.15, 0.2) is 194 Å². The van der Waals surface area contributed by atoms with Crippen molar-refractivity contribution in [2.75, 3.05) is 47.7 Å². The molecule has 17 heteroatoms. The predicted molar refractivity (Wildman–Crippen MR) is 346 cm³/mol. The van der Waals surface area contributed by atoms with Crippen molar-refractivity contribution >= 4 is 89.6 Å². The third kappa shape index (κ3) is 10.7. The van der Waals surface area contributed by atoms with Crippen LogP contribution < -0.4 is 45.0 Å². The van der Waals surface area contributed by atoms with E-state index < -0.39 is 0 Å². The second-order valence-corrected chi connectivity index (χ2v) is 20.4. The third-order valence-corrected chi connectivity index (χ3v) is 14.8. The molecule has 0 saturated heterocycles. The Balaban J connectivity index is 1.03. The zero-order valence-corrected chi connectivity index (χ0v) is 48.0. The topological polar surface area (TPSA) is 203 Å². The van der Waals surface area contributed by atoms with Crippen molar-refractivity contribution in [1.29, 1.82) is 0 Å². The maximum atomic E-state index is 7.55. The Morgan fingerprint density at radius 2 is 0.678 bits per heavy atom. The van der Waals surface area contributed by atoms with Crippen molar-refractivity contribution in [1.82, 2.24) is 39.9 Å². The van der Waals surface area contributed by atoms with Gasteiger partial charge in [-0.05, 0) is 131 Å². The highest BCUT2D eigenvalue weighted by molar-refractivity contribution is 6.10. The summed E-state index contributed by atoms with van der Waals surface area (Å²) in [6, 6.07) is 63.4. The molecule has 0 saturated carbocycles. The molecule has 0 atom stereocenters. The maximum absolute atomic E-state index is 7.55. The van der Waals surface area contributed by atoms with Gasteiger partial charge in [-0.1, -0.05) is 84.9 Å². The lowest BCUT2D eigenvalue weighted by Gasteiger charge is -2.26. The quantitative estimate of drug-likeness (QED) is 0.0473. The zero-order valence-electron chi connectivity index (χ0n) is 48.0. The molecule has 6 N–H and O–H groups in total. The van der Waals surface area contributed by atoms with Gasteiger partial charge in [0.1, 0.15) is 57.0 Å². The number of benzene rings is 9. The summed E-state index contributed by atoms with van der Waals surface area (Å²) in [5.74, 6) is 5.81. The summed E-state index contributed by atoms with van der Waals surface area (Å²) >= 11 is 0. The molecule has 2 aliphatic rings. The molecule has 0 amide bonds. The Labute approximate surface area is 500 Å². The molecule has 0 aliphatic carbocycles. The van der Waals surface area contributed by atoms with Crippen molar-refractivity contribution in [3.05, 3.63) is 194 Å². The van der Waals surface area contributed by atoms with Crippen LogP contribution in [0.2, 0.25) is 0 Å². The highest BCUT2D eigenvalue weighted by Gasteiger charge is 2.26. The Hall–Kier alpha value is -11.5. The molecule has 3 aromatic heterocycles. The van der Waals surface area contributed by atoms with Crippen molar-refractivity contribution in [2.45, 2.75) is 27.7 Å². The third-order valence-electron chi connectivity index (χ3n) is 14.8. The molecule has 9 aromatic carbocycles. The Bertz CT molecular complexity index is 4720. The SMILES string of the molecule is CCOc1ccc(Nc2cc(Oc3cccc4c5nc6nc(nc7[nH]c(nc8nc(nc([nH]5)c34)-c3ccccc3-8)c3ccccc73)-c3ccccc3-6)c(Nc3ccc(OCC)cc3)c(Nc3ccc(OCC)cc3)c2Nc2ccc(OCC)cc2)cc1. The van der Waals surface area contributed by atoms with E-state index in [9.17, 15) is 0 Å². The molecule has 0 unspecified atom stereocenters. The maximum Gasteiger partial charge on any atom is 0.164 e. The van der Waals surface area contributed by atoms with Gasteiger partial charge in [0.05, 0.1) is 48.9 Å². The fraction of sp³-hybridized carbons (Fsp3) is 0.114. The largest absolute Gasteiger partial charge is 0.494 e. The minimum absolute atomic E-state index is 0.435. The summed E-state index contributed by atoms with van der Waals surface area (Å²) in [7, 11) is 0. The Kier molecular flexibility index (Phi) is 14.3. The zero-order chi connectivity index (χ0) is 58.8. The van der Waals surface area contributed by atoms with Gasteiger partial charge in [-0.15, -0.1) is 0 Å². The average Bonchev–Trinajstić information content (AvgIpc) is 2.92. The van der Waals surface area contributed by atoms with E-state index in [1.165, 1.54) is 0 Å². The lowest BCUT2D eigenvalue weighted by atomic mass is 10.1. The van der Waals surface area contributed by atoms with E-state index in [0.717, 1.165) is 84.2 Å². The van der Waals surface area contributed by atoms with Gasteiger partial charge in [-0.3, -0.25) is 0 Å². The van der Waals surface area contributed by atoms with Gasteiger partial charge >= 0.3 is 0 Å². The number of aromatic amines is 2. The molecule has 428 valence electrons. The van der Waals surface area contributed by atoms with Gasteiger partial charge in [0.25, 0.3) is 0 Å². The molecule has 0 spiro atoms. The first-order valence-electron chi connectivity index (χ1n) is 29.0. The van der Waals surface area contributed by atoms with E-state index in [1.807, 2.05) is 222 Å². The van der Waals surface area contributed by atoms with Crippen LogP contribution in [-0.4, -0.2) is 66.3 Å². The summed E-state index contributed by atoms with van der Waals surface area (Å²) < 4.78 is 31.2. The van der Waals surface area contributed by atoms with Crippen molar-refractivity contribution in [3.63, 3.8) is 0 Å². The normalized spacial score (nSPS) is 11.4. The number of ether oxygens (including phenoxy) is 5. The van der Waals surface area contributed by atoms with Crippen molar-refractivity contribution in [3.8, 4) is 80.0 Å². The lowest BCUT2D eigenvalue weighted by Crippen LogP contribution is -2.07. The van der Waals surface area contributed by atoms with E-state index >= 15 is 0 Å².